The zero-order valence-electron chi connectivity index (χ0n) is 14.7. The molecule has 0 aliphatic carbocycles. The van der Waals surface area contributed by atoms with Crippen molar-refractivity contribution in [1.82, 2.24) is 10.2 Å². The van der Waals surface area contributed by atoms with Gasteiger partial charge in [0.15, 0.2) is 11.6 Å². The van der Waals surface area contributed by atoms with Crippen LogP contribution in [-0.4, -0.2) is 38.1 Å². The third kappa shape index (κ3) is 3.93. The summed E-state index contributed by atoms with van der Waals surface area (Å²) in [7, 11) is -1.88. The van der Waals surface area contributed by atoms with Gasteiger partial charge in [-0.15, -0.1) is 10.2 Å². The fraction of sp³-hybridized carbons (Fsp3) is 0.353. The van der Waals surface area contributed by atoms with Gasteiger partial charge in [0.05, 0.1) is 11.3 Å². The van der Waals surface area contributed by atoms with E-state index < -0.39 is 10.0 Å². The lowest BCUT2D eigenvalue weighted by molar-refractivity contribution is -0.115. The number of aromatic nitrogens is 2. The van der Waals surface area contributed by atoms with E-state index in [2.05, 4.69) is 27.2 Å². The maximum Gasteiger partial charge on any atom is 0.263 e. The molecule has 1 aliphatic rings. The summed E-state index contributed by atoms with van der Waals surface area (Å²) in [5.74, 6) is 0.687. The molecule has 2 heterocycles. The van der Waals surface area contributed by atoms with E-state index in [0.29, 0.717) is 17.1 Å². The molecule has 0 atom stereocenters. The van der Waals surface area contributed by atoms with Gasteiger partial charge in [-0.25, -0.2) is 8.42 Å². The van der Waals surface area contributed by atoms with E-state index in [1.165, 1.54) is 12.1 Å². The Kier molecular flexibility index (Phi) is 5.08. The maximum absolute atomic E-state index is 12.5. The van der Waals surface area contributed by atoms with Crippen molar-refractivity contribution in [3.63, 3.8) is 0 Å². The standard InChI is InChI=1S/C17H21N5O3S/c1-3-4-9-22(2)16-8-7-15(19-20-16)21-26(24,25)13-5-6-14-12(10-13)11-17(23)18-14/h5-8,10H,3-4,9,11H2,1-2H3,(H,18,23)(H,19,21). The summed E-state index contributed by atoms with van der Waals surface area (Å²) in [6.45, 7) is 2.97. The summed E-state index contributed by atoms with van der Waals surface area (Å²) in [5, 5.41) is 10.7. The van der Waals surface area contributed by atoms with Crippen LogP contribution in [0.1, 0.15) is 25.3 Å². The summed E-state index contributed by atoms with van der Waals surface area (Å²) >= 11 is 0. The average Bonchev–Trinajstić information content (AvgIpc) is 2.99. The minimum atomic E-state index is -3.80. The first-order valence-corrected chi connectivity index (χ1v) is 9.88. The number of hydrogen-bond acceptors (Lipinski definition) is 6. The van der Waals surface area contributed by atoms with Gasteiger partial charge in [-0.1, -0.05) is 13.3 Å². The summed E-state index contributed by atoms with van der Waals surface area (Å²) in [4.78, 5) is 13.5. The molecule has 9 heteroatoms. The van der Waals surface area contributed by atoms with Gasteiger partial charge in [-0.3, -0.25) is 9.52 Å². The van der Waals surface area contributed by atoms with Crippen molar-refractivity contribution in [3.8, 4) is 0 Å². The van der Waals surface area contributed by atoms with Crippen LogP contribution in [0.2, 0.25) is 0 Å². The number of unbranched alkanes of at least 4 members (excludes halogenated alkanes) is 1. The number of nitrogens with one attached hydrogen (secondary N) is 2. The third-order valence-corrected chi connectivity index (χ3v) is 5.49. The Morgan fingerprint density at radius 3 is 2.73 bits per heavy atom. The lowest BCUT2D eigenvalue weighted by atomic mass is 10.2. The highest BCUT2D eigenvalue weighted by molar-refractivity contribution is 7.92. The molecule has 1 amide bonds. The SMILES string of the molecule is CCCCN(C)c1ccc(NS(=O)(=O)c2ccc3c(c2)CC(=O)N3)nn1. The Morgan fingerprint density at radius 2 is 2.04 bits per heavy atom. The molecule has 2 N–H and O–H groups in total. The first-order chi connectivity index (χ1) is 12.4. The number of amides is 1. The van der Waals surface area contributed by atoms with Gasteiger partial charge in [0.1, 0.15) is 0 Å². The van der Waals surface area contributed by atoms with Gasteiger partial charge in [-0.05, 0) is 42.3 Å². The molecule has 0 spiro atoms. The van der Waals surface area contributed by atoms with Crippen LogP contribution in [0.15, 0.2) is 35.2 Å². The molecule has 0 bridgehead atoms. The normalized spacial score (nSPS) is 13.2. The number of carbonyl (C=O) groups is 1. The fourth-order valence-electron chi connectivity index (χ4n) is 2.66. The Morgan fingerprint density at radius 1 is 1.23 bits per heavy atom. The largest absolute Gasteiger partial charge is 0.358 e. The number of sulfonamides is 1. The Balaban J connectivity index is 1.74. The number of carbonyl (C=O) groups excluding carboxylic acids is 1. The Labute approximate surface area is 152 Å². The maximum atomic E-state index is 12.5. The van der Waals surface area contributed by atoms with Crippen LogP contribution in [0.4, 0.5) is 17.3 Å². The van der Waals surface area contributed by atoms with Gasteiger partial charge < -0.3 is 10.2 Å². The molecule has 1 aromatic carbocycles. The molecule has 0 unspecified atom stereocenters. The van der Waals surface area contributed by atoms with E-state index in [-0.39, 0.29) is 23.0 Å². The third-order valence-electron chi connectivity index (χ3n) is 4.14. The van der Waals surface area contributed by atoms with E-state index in [9.17, 15) is 13.2 Å². The van der Waals surface area contributed by atoms with Gasteiger partial charge in [-0.2, -0.15) is 0 Å². The summed E-state index contributed by atoms with van der Waals surface area (Å²) in [6, 6.07) is 7.85. The molecular formula is C17H21N5O3S. The molecule has 0 saturated heterocycles. The zero-order valence-corrected chi connectivity index (χ0v) is 15.5. The lowest BCUT2D eigenvalue weighted by Gasteiger charge is -2.17. The Bertz CT molecular complexity index is 912. The molecule has 0 fully saturated rings. The highest BCUT2D eigenvalue weighted by Gasteiger charge is 2.22. The molecule has 1 aromatic heterocycles. The van der Waals surface area contributed by atoms with Crippen LogP contribution in [0.3, 0.4) is 0 Å². The van der Waals surface area contributed by atoms with Crippen molar-refractivity contribution in [3.05, 3.63) is 35.9 Å². The molecule has 0 saturated carbocycles. The predicted molar refractivity (Wildman–Crippen MR) is 99.8 cm³/mol. The first-order valence-electron chi connectivity index (χ1n) is 8.39. The van der Waals surface area contributed by atoms with Crippen molar-refractivity contribution in [2.24, 2.45) is 0 Å². The van der Waals surface area contributed by atoms with Crippen LogP contribution < -0.4 is 14.9 Å². The van der Waals surface area contributed by atoms with Crippen molar-refractivity contribution < 1.29 is 13.2 Å². The molecule has 1 aliphatic heterocycles. The molecule has 8 nitrogen and oxygen atoms in total. The van der Waals surface area contributed by atoms with Crippen molar-refractivity contribution in [2.45, 2.75) is 31.1 Å². The van der Waals surface area contributed by atoms with E-state index in [1.54, 1.807) is 18.2 Å². The van der Waals surface area contributed by atoms with E-state index in [0.717, 1.165) is 19.4 Å². The second kappa shape index (κ2) is 7.28. The number of rotatable bonds is 7. The molecule has 3 rings (SSSR count). The van der Waals surface area contributed by atoms with Crippen LogP contribution in [0.25, 0.3) is 0 Å². The van der Waals surface area contributed by atoms with Crippen molar-refractivity contribution >= 4 is 33.3 Å². The molecule has 138 valence electrons. The summed E-state index contributed by atoms with van der Waals surface area (Å²) in [6.07, 6.45) is 2.30. The zero-order chi connectivity index (χ0) is 18.7. The lowest BCUT2D eigenvalue weighted by Crippen LogP contribution is -2.20. The number of fused-ring (bicyclic) bond motifs is 1. The van der Waals surface area contributed by atoms with Crippen molar-refractivity contribution in [2.75, 3.05) is 28.5 Å². The molecule has 26 heavy (non-hydrogen) atoms. The number of benzene rings is 1. The van der Waals surface area contributed by atoms with Crippen molar-refractivity contribution in [1.29, 1.82) is 0 Å². The summed E-state index contributed by atoms with van der Waals surface area (Å²) in [5.41, 5.74) is 1.31. The monoisotopic (exact) mass is 375 g/mol. The average molecular weight is 375 g/mol. The van der Waals surface area contributed by atoms with Gasteiger partial charge >= 0.3 is 0 Å². The van der Waals surface area contributed by atoms with Crippen LogP contribution in [0, 0.1) is 0 Å². The molecular weight excluding hydrogens is 354 g/mol. The molecule has 2 aromatic rings. The van der Waals surface area contributed by atoms with E-state index >= 15 is 0 Å². The Hall–Kier alpha value is -2.68. The van der Waals surface area contributed by atoms with E-state index in [4.69, 9.17) is 0 Å². The molecule has 0 radical (unpaired) electrons. The van der Waals surface area contributed by atoms with Gasteiger partial charge in [0, 0.05) is 19.3 Å². The van der Waals surface area contributed by atoms with E-state index in [1.807, 2.05) is 11.9 Å². The minimum Gasteiger partial charge on any atom is -0.358 e. The second-order valence-corrected chi connectivity index (χ2v) is 7.88. The van der Waals surface area contributed by atoms with Crippen LogP contribution in [0.5, 0.6) is 0 Å². The smallest absolute Gasteiger partial charge is 0.263 e. The fourth-order valence-corrected chi connectivity index (χ4v) is 3.71. The highest BCUT2D eigenvalue weighted by atomic mass is 32.2. The topological polar surface area (TPSA) is 104 Å². The second-order valence-electron chi connectivity index (χ2n) is 6.20. The summed E-state index contributed by atoms with van der Waals surface area (Å²) < 4.78 is 27.5. The van der Waals surface area contributed by atoms with Crippen LogP contribution >= 0.6 is 0 Å². The van der Waals surface area contributed by atoms with Gasteiger partial charge in [0.2, 0.25) is 5.91 Å². The quantitative estimate of drug-likeness (QED) is 0.767. The minimum absolute atomic E-state index is 0.0821. The number of nitrogens with zero attached hydrogens (tertiary/aromatic N) is 3. The van der Waals surface area contributed by atoms with Crippen LogP contribution in [-0.2, 0) is 21.2 Å². The predicted octanol–water partition coefficient (Wildman–Crippen LogP) is 2.01. The number of anilines is 3. The number of hydrogen-bond donors (Lipinski definition) is 2. The first kappa shape index (κ1) is 18.1. The highest BCUT2D eigenvalue weighted by Crippen LogP contribution is 2.26. The van der Waals surface area contributed by atoms with Gasteiger partial charge in [0.25, 0.3) is 10.0 Å².